The average molecular weight is 296 g/mol. The molecule has 3 rings (SSSR count). The van der Waals surface area contributed by atoms with E-state index in [9.17, 15) is 4.79 Å². The quantitative estimate of drug-likeness (QED) is 0.832. The Morgan fingerprint density at radius 1 is 0.905 bits per heavy atom. The van der Waals surface area contributed by atoms with Crippen LogP contribution in [0.5, 0.6) is 0 Å². The van der Waals surface area contributed by atoms with Crippen LogP contribution in [0.2, 0.25) is 0 Å². The van der Waals surface area contributed by atoms with Crippen molar-refractivity contribution >= 4 is 17.5 Å². The number of carbonyl (C=O) groups is 1. The van der Waals surface area contributed by atoms with Gasteiger partial charge < -0.3 is 0 Å². The number of carbonyl (C=O) groups excluding carboxylic acids is 1. The molecule has 0 bridgehead atoms. The van der Waals surface area contributed by atoms with Crippen molar-refractivity contribution in [2.24, 2.45) is 0 Å². The second kappa shape index (κ2) is 5.34. The Balaban J connectivity index is 2.29. The van der Waals surface area contributed by atoms with Gasteiger partial charge in [0.2, 0.25) is 0 Å². The minimum absolute atomic E-state index is 0.230. The van der Waals surface area contributed by atoms with Gasteiger partial charge in [0, 0.05) is 11.8 Å². The van der Waals surface area contributed by atoms with Gasteiger partial charge in [-0.2, -0.15) is 0 Å². The third-order valence-electron chi connectivity index (χ3n) is 5.01. The first-order valence-electron chi connectivity index (χ1n) is 7.34. The lowest BCUT2D eigenvalue weighted by atomic mass is 9.67. The van der Waals surface area contributed by atoms with Crippen molar-refractivity contribution in [2.45, 2.75) is 29.9 Å². The van der Waals surface area contributed by atoms with Crippen LogP contribution >= 0.6 is 11.8 Å². The van der Waals surface area contributed by atoms with Gasteiger partial charge in [-0.1, -0.05) is 60.7 Å². The number of rotatable bonds is 3. The van der Waals surface area contributed by atoms with E-state index in [4.69, 9.17) is 0 Å². The van der Waals surface area contributed by atoms with E-state index in [0.717, 1.165) is 6.42 Å². The van der Waals surface area contributed by atoms with Crippen LogP contribution in [-0.4, -0.2) is 16.8 Å². The molecule has 2 aromatic rings. The Morgan fingerprint density at radius 2 is 1.38 bits per heavy atom. The first-order valence-corrected chi connectivity index (χ1v) is 8.57. The standard InChI is InChI=1S/C19H20OS/c1-18(21-2)17(20)13-14-19(18,15-9-5-3-6-10-15)16-11-7-4-8-12-16/h3-12H,13-14H2,1-2H3. The lowest BCUT2D eigenvalue weighted by Gasteiger charge is -2.42. The van der Waals surface area contributed by atoms with Gasteiger partial charge in [0.15, 0.2) is 0 Å². The van der Waals surface area contributed by atoms with E-state index >= 15 is 0 Å². The molecule has 1 aliphatic carbocycles. The van der Waals surface area contributed by atoms with Gasteiger partial charge in [0.25, 0.3) is 0 Å². The summed E-state index contributed by atoms with van der Waals surface area (Å²) in [5, 5.41) is 0. The molecule has 0 saturated heterocycles. The fraction of sp³-hybridized carbons (Fsp3) is 0.316. The summed E-state index contributed by atoms with van der Waals surface area (Å²) in [5.41, 5.74) is 2.27. The molecule has 1 unspecified atom stereocenters. The first kappa shape index (κ1) is 14.4. The molecule has 21 heavy (non-hydrogen) atoms. The Kier molecular flexibility index (Phi) is 3.66. The maximum Gasteiger partial charge on any atom is 0.149 e. The Bertz CT molecular complexity index is 596. The van der Waals surface area contributed by atoms with Crippen LogP contribution in [0.25, 0.3) is 0 Å². The molecule has 1 atom stereocenters. The smallest absolute Gasteiger partial charge is 0.149 e. The minimum Gasteiger partial charge on any atom is -0.298 e. The Hall–Kier alpha value is -1.54. The zero-order valence-electron chi connectivity index (χ0n) is 12.5. The molecule has 0 heterocycles. The average Bonchev–Trinajstić information content (AvgIpc) is 2.83. The van der Waals surface area contributed by atoms with Crippen LogP contribution < -0.4 is 0 Å². The van der Waals surface area contributed by atoms with Gasteiger partial charge in [-0.3, -0.25) is 4.79 Å². The maximum atomic E-state index is 12.7. The van der Waals surface area contributed by atoms with Crippen LogP contribution in [-0.2, 0) is 10.2 Å². The van der Waals surface area contributed by atoms with E-state index in [0.29, 0.717) is 12.2 Å². The number of hydrogen-bond donors (Lipinski definition) is 0. The van der Waals surface area contributed by atoms with Gasteiger partial charge in [-0.15, -0.1) is 11.8 Å². The highest BCUT2D eigenvalue weighted by molar-refractivity contribution is 8.00. The van der Waals surface area contributed by atoms with Crippen molar-refractivity contribution in [2.75, 3.05) is 6.26 Å². The fourth-order valence-corrected chi connectivity index (χ4v) is 4.77. The van der Waals surface area contributed by atoms with E-state index in [-0.39, 0.29) is 5.41 Å². The van der Waals surface area contributed by atoms with Crippen molar-refractivity contribution in [3.05, 3.63) is 71.8 Å². The summed E-state index contributed by atoms with van der Waals surface area (Å²) in [6.45, 7) is 2.12. The number of ketones is 1. The second-order valence-corrected chi connectivity index (χ2v) is 7.02. The third kappa shape index (κ3) is 1.96. The summed E-state index contributed by atoms with van der Waals surface area (Å²) in [7, 11) is 0. The summed E-state index contributed by atoms with van der Waals surface area (Å²) >= 11 is 1.69. The molecule has 1 aliphatic rings. The van der Waals surface area contributed by atoms with Gasteiger partial charge in [-0.25, -0.2) is 0 Å². The third-order valence-corrected chi connectivity index (χ3v) is 6.41. The zero-order valence-corrected chi connectivity index (χ0v) is 13.3. The lowest BCUT2D eigenvalue weighted by Crippen LogP contribution is -2.47. The van der Waals surface area contributed by atoms with Crippen molar-refractivity contribution in [1.82, 2.24) is 0 Å². The summed E-state index contributed by atoms with van der Waals surface area (Å²) < 4.78 is -0.407. The number of hydrogen-bond acceptors (Lipinski definition) is 2. The molecule has 2 aromatic carbocycles. The largest absolute Gasteiger partial charge is 0.298 e. The Morgan fingerprint density at radius 3 is 1.81 bits per heavy atom. The van der Waals surface area contributed by atoms with Crippen LogP contribution in [0.15, 0.2) is 60.7 Å². The van der Waals surface area contributed by atoms with E-state index in [1.54, 1.807) is 11.8 Å². The summed E-state index contributed by atoms with van der Waals surface area (Å²) in [6.07, 6.45) is 3.60. The van der Waals surface area contributed by atoms with Crippen LogP contribution in [0, 0.1) is 0 Å². The van der Waals surface area contributed by atoms with Crippen molar-refractivity contribution in [1.29, 1.82) is 0 Å². The fourth-order valence-electron chi connectivity index (χ4n) is 3.76. The monoisotopic (exact) mass is 296 g/mol. The number of thioether (sulfide) groups is 1. The molecule has 0 aromatic heterocycles. The van der Waals surface area contributed by atoms with E-state index < -0.39 is 4.75 Å². The Labute approximate surface area is 130 Å². The topological polar surface area (TPSA) is 17.1 Å². The number of benzene rings is 2. The lowest BCUT2D eigenvalue weighted by molar-refractivity contribution is -0.119. The van der Waals surface area contributed by atoms with Gasteiger partial charge in [0.05, 0.1) is 4.75 Å². The predicted octanol–water partition coefficient (Wildman–Crippen LogP) is 4.46. The molecule has 1 saturated carbocycles. The molecule has 0 spiro atoms. The highest BCUT2D eigenvalue weighted by Gasteiger charge is 2.58. The van der Waals surface area contributed by atoms with Crippen LogP contribution in [0.4, 0.5) is 0 Å². The van der Waals surface area contributed by atoms with E-state index in [1.165, 1.54) is 11.1 Å². The molecule has 2 heteroatoms. The van der Waals surface area contributed by atoms with Gasteiger partial charge >= 0.3 is 0 Å². The molecule has 0 N–H and O–H groups in total. The van der Waals surface area contributed by atoms with Crippen molar-refractivity contribution < 1.29 is 4.79 Å². The molecule has 108 valence electrons. The highest BCUT2D eigenvalue weighted by atomic mass is 32.2. The zero-order chi connectivity index (χ0) is 14.9. The van der Waals surface area contributed by atoms with E-state index in [1.807, 2.05) is 12.1 Å². The minimum atomic E-state index is -0.407. The van der Waals surface area contributed by atoms with Crippen LogP contribution in [0.1, 0.15) is 30.9 Å². The van der Waals surface area contributed by atoms with E-state index in [2.05, 4.69) is 61.7 Å². The van der Waals surface area contributed by atoms with Crippen LogP contribution in [0.3, 0.4) is 0 Å². The SMILES string of the molecule is CSC1(C)C(=O)CCC1(c1ccccc1)c1ccccc1. The second-order valence-electron chi connectivity index (χ2n) is 5.80. The molecule has 0 amide bonds. The molecular weight excluding hydrogens is 276 g/mol. The summed E-state index contributed by atoms with van der Waals surface area (Å²) in [4.78, 5) is 12.7. The normalized spacial score (nSPS) is 24.2. The first-order chi connectivity index (χ1) is 10.1. The molecule has 1 fully saturated rings. The highest BCUT2D eigenvalue weighted by Crippen LogP contribution is 2.56. The summed E-state index contributed by atoms with van der Waals surface area (Å²) in [5.74, 6) is 0.364. The van der Waals surface area contributed by atoms with Crippen molar-refractivity contribution in [3.8, 4) is 0 Å². The molecule has 1 nitrogen and oxygen atoms in total. The molecule has 0 aliphatic heterocycles. The van der Waals surface area contributed by atoms with Gasteiger partial charge in [-0.05, 0) is 30.7 Å². The molecular formula is C19H20OS. The van der Waals surface area contributed by atoms with Crippen molar-refractivity contribution in [3.63, 3.8) is 0 Å². The molecule has 0 radical (unpaired) electrons. The summed E-state index contributed by atoms with van der Waals surface area (Å²) in [6, 6.07) is 21.0. The number of Topliss-reactive ketones (excluding diaryl/α,β-unsaturated/α-hetero) is 1. The van der Waals surface area contributed by atoms with Gasteiger partial charge in [0.1, 0.15) is 5.78 Å². The predicted molar refractivity (Wildman–Crippen MR) is 89.8 cm³/mol. The maximum absolute atomic E-state index is 12.7.